The minimum atomic E-state index is -0.206. The highest BCUT2D eigenvalue weighted by Crippen LogP contribution is 2.25. The zero-order valence-corrected chi connectivity index (χ0v) is 12.9. The molecule has 1 heterocycles. The normalized spacial score (nSPS) is 11.0. The molecule has 0 aliphatic rings. The van der Waals surface area contributed by atoms with E-state index < -0.39 is 0 Å². The first kappa shape index (κ1) is 14.2. The van der Waals surface area contributed by atoms with Gasteiger partial charge in [0.1, 0.15) is 5.82 Å². The van der Waals surface area contributed by atoms with Crippen molar-refractivity contribution >= 4 is 15.9 Å². The zero-order chi connectivity index (χ0) is 14.0. The minimum absolute atomic E-state index is 0.206. The van der Waals surface area contributed by atoms with E-state index in [1.165, 1.54) is 6.07 Å². The number of aromatic nitrogens is 2. The number of hydrogen-bond donors (Lipinski definition) is 1. The monoisotopic (exact) mass is 325 g/mol. The summed E-state index contributed by atoms with van der Waals surface area (Å²) in [5.41, 5.74) is 3.30. The molecule has 0 fully saturated rings. The van der Waals surface area contributed by atoms with E-state index in [9.17, 15) is 4.39 Å². The molecule has 0 aliphatic carbocycles. The Morgan fingerprint density at radius 1 is 1.37 bits per heavy atom. The number of benzene rings is 1. The quantitative estimate of drug-likeness (QED) is 0.932. The number of halogens is 2. The molecule has 0 radical (unpaired) electrons. The van der Waals surface area contributed by atoms with Crippen LogP contribution in [0, 0.1) is 19.7 Å². The molecule has 1 aromatic carbocycles. The second-order valence-electron chi connectivity index (χ2n) is 4.41. The summed E-state index contributed by atoms with van der Waals surface area (Å²) < 4.78 is 16.8. The molecule has 0 unspecified atom stereocenters. The number of hydrogen-bond acceptors (Lipinski definition) is 2. The molecule has 0 spiro atoms. The van der Waals surface area contributed by atoms with Crippen molar-refractivity contribution in [1.82, 2.24) is 15.1 Å². The van der Waals surface area contributed by atoms with E-state index in [4.69, 9.17) is 0 Å². The van der Waals surface area contributed by atoms with Gasteiger partial charge in [-0.1, -0.05) is 13.0 Å². The smallest absolute Gasteiger partial charge is 0.129 e. The van der Waals surface area contributed by atoms with E-state index in [1.54, 1.807) is 10.7 Å². The molecule has 1 N–H and O–H groups in total. The van der Waals surface area contributed by atoms with Crippen molar-refractivity contribution in [2.24, 2.45) is 0 Å². The highest BCUT2D eigenvalue weighted by molar-refractivity contribution is 9.10. The fourth-order valence-electron chi connectivity index (χ4n) is 2.03. The summed E-state index contributed by atoms with van der Waals surface area (Å²) in [7, 11) is 0. The Labute approximate surface area is 121 Å². The van der Waals surface area contributed by atoms with E-state index in [2.05, 4.69) is 26.3 Å². The first-order chi connectivity index (χ1) is 9.06. The fraction of sp³-hybridized carbons (Fsp3) is 0.357. The van der Waals surface area contributed by atoms with Crippen molar-refractivity contribution in [3.05, 3.63) is 45.4 Å². The van der Waals surface area contributed by atoms with Crippen molar-refractivity contribution < 1.29 is 4.39 Å². The Morgan fingerprint density at radius 3 is 2.68 bits per heavy atom. The Morgan fingerprint density at radius 2 is 2.11 bits per heavy atom. The summed E-state index contributed by atoms with van der Waals surface area (Å²) in [5, 5.41) is 7.63. The van der Waals surface area contributed by atoms with E-state index in [-0.39, 0.29) is 5.82 Å². The molecule has 0 amide bonds. The summed E-state index contributed by atoms with van der Waals surface area (Å²) in [6, 6.07) is 5.09. The first-order valence-electron chi connectivity index (χ1n) is 6.26. The van der Waals surface area contributed by atoms with Gasteiger partial charge in [-0.2, -0.15) is 5.10 Å². The average molecular weight is 326 g/mol. The van der Waals surface area contributed by atoms with Crippen LogP contribution in [0.3, 0.4) is 0 Å². The third-order valence-corrected chi connectivity index (χ3v) is 4.22. The lowest BCUT2D eigenvalue weighted by atomic mass is 10.1. The molecule has 0 atom stereocenters. The van der Waals surface area contributed by atoms with Gasteiger partial charge in [0.25, 0.3) is 0 Å². The van der Waals surface area contributed by atoms with Crippen LogP contribution in [-0.4, -0.2) is 16.3 Å². The summed E-state index contributed by atoms with van der Waals surface area (Å²) in [6.45, 7) is 7.19. The largest absolute Gasteiger partial charge is 0.313 e. The summed E-state index contributed by atoms with van der Waals surface area (Å²) in [4.78, 5) is 0. The summed E-state index contributed by atoms with van der Waals surface area (Å²) >= 11 is 3.50. The van der Waals surface area contributed by atoms with Crippen LogP contribution in [0.4, 0.5) is 4.39 Å². The Kier molecular flexibility index (Phi) is 4.37. The molecule has 2 rings (SSSR count). The van der Waals surface area contributed by atoms with Crippen molar-refractivity contribution in [1.29, 1.82) is 0 Å². The minimum Gasteiger partial charge on any atom is -0.313 e. The maximum absolute atomic E-state index is 14.0. The number of nitrogens with zero attached hydrogens (tertiary/aromatic N) is 2. The molecule has 0 saturated carbocycles. The van der Waals surface area contributed by atoms with E-state index in [0.717, 1.165) is 28.1 Å². The van der Waals surface area contributed by atoms with Gasteiger partial charge in [0.05, 0.1) is 21.5 Å². The second-order valence-corrected chi connectivity index (χ2v) is 5.21. The maximum atomic E-state index is 14.0. The van der Waals surface area contributed by atoms with Crippen LogP contribution >= 0.6 is 15.9 Å². The van der Waals surface area contributed by atoms with E-state index in [1.807, 2.05) is 26.8 Å². The predicted molar refractivity (Wildman–Crippen MR) is 78.1 cm³/mol. The van der Waals surface area contributed by atoms with Crippen LogP contribution < -0.4 is 5.32 Å². The Hall–Kier alpha value is -1.20. The highest BCUT2D eigenvalue weighted by atomic mass is 79.9. The van der Waals surface area contributed by atoms with Gasteiger partial charge >= 0.3 is 0 Å². The van der Waals surface area contributed by atoms with Crippen LogP contribution in [0.15, 0.2) is 22.7 Å². The lowest BCUT2D eigenvalue weighted by Crippen LogP contribution is -2.16. The van der Waals surface area contributed by atoms with E-state index in [0.29, 0.717) is 12.1 Å². The summed E-state index contributed by atoms with van der Waals surface area (Å²) in [5.74, 6) is -0.206. The molecule has 102 valence electrons. The molecule has 19 heavy (non-hydrogen) atoms. The third-order valence-electron chi connectivity index (χ3n) is 3.08. The van der Waals surface area contributed by atoms with Crippen LogP contribution in [0.2, 0.25) is 0 Å². The molecular weight excluding hydrogens is 309 g/mol. The molecule has 1 aromatic heterocycles. The van der Waals surface area contributed by atoms with Gasteiger partial charge < -0.3 is 5.32 Å². The van der Waals surface area contributed by atoms with Gasteiger partial charge in [-0.15, -0.1) is 0 Å². The Balaban J connectivity index is 2.55. The average Bonchev–Trinajstić information content (AvgIpc) is 2.65. The van der Waals surface area contributed by atoms with Crippen molar-refractivity contribution in [2.45, 2.75) is 27.3 Å². The third kappa shape index (κ3) is 2.72. The van der Waals surface area contributed by atoms with Crippen LogP contribution in [0.25, 0.3) is 5.69 Å². The van der Waals surface area contributed by atoms with Crippen molar-refractivity contribution in [2.75, 3.05) is 6.54 Å². The summed E-state index contributed by atoms with van der Waals surface area (Å²) in [6.07, 6.45) is 0. The van der Waals surface area contributed by atoms with Gasteiger partial charge in [0, 0.05) is 12.1 Å². The standard InChI is InChI=1S/C14H17BrFN3/c1-4-17-8-11-12(16)6-5-7-13(11)19-10(3)14(15)9(2)18-19/h5-7,17H,4,8H2,1-3H3. The number of nitrogens with one attached hydrogen (secondary N) is 1. The van der Waals surface area contributed by atoms with Crippen molar-refractivity contribution in [3.8, 4) is 5.69 Å². The molecular formula is C14H17BrFN3. The SMILES string of the molecule is CCNCc1c(F)cccc1-n1nc(C)c(Br)c1C. The first-order valence-corrected chi connectivity index (χ1v) is 7.05. The lowest BCUT2D eigenvalue weighted by molar-refractivity contribution is 0.588. The topological polar surface area (TPSA) is 29.9 Å². The number of aryl methyl sites for hydroxylation is 1. The predicted octanol–water partition coefficient (Wildman–Crippen LogP) is 3.50. The zero-order valence-electron chi connectivity index (χ0n) is 11.3. The van der Waals surface area contributed by atoms with Gasteiger partial charge in [0.2, 0.25) is 0 Å². The fourth-order valence-corrected chi connectivity index (χ4v) is 2.28. The van der Waals surface area contributed by atoms with Gasteiger partial charge in [-0.25, -0.2) is 9.07 Å². The molecule has 3 nitrogen and oxygen atoms in total. The van der Waals surface area contributed by atoms with Crippen molar-refractivity contribution in [3.63, 3.8) is 0 Å². The Bertz CT molecular complexity index is 593. The molecule has 2 aromatic rings. The molecule has 0 bridgehead atoms. The lowest BCUT2D eigenvalue weighted by Gasteiger charge is -2.12. The molecule has 5 heteroatoms. The van der Waals surface area contributed by atoms with Crippen LogP contribution in [0.5, 0.6) is 0 Å². The second kappa shape index (κ2) is 5.84. The van der Waals surface area contributed by atoms with Gasteiger partial charge in [0.15, 0.2) is 0 Å². The van der Waals surface area contributed by atoms with Crippen LogP contribution in [-0.2, 0) is 6.54 Å². The van der Waals surface area contributed by atoms with Gasteiger partial charge in [-0.3, -0.25) is 0 Å². The molecule has 0 saturated heterocycles. The van der Waals surface area contributed by atoms with Crippen LogP contribution in [0.1, 0.15) is 23.9 Å². The highest BCUT2D eigenvalue weighted by Gasteiger charge is 2.15. The van der Waals surface area contributed by atoms with E-state index >= 15 is 0 Å². The van der Waals surface area contributed by atoms with Gasteiger partial charge in [-0.05, 0) is 48.5 Å². The maximum Gasteiger partial charge on any atom is 0.129 e. The molecule has 0 aliphatic heterocycles. The number of rotatable bonds is 4.